The first kappa shape index (κ1) is 15.2. The van der Waals surface area contributed by atoms with E-state index in [0.717, 1.165) is 10.3 Å². The van der Waals surface area contributed by atoms with E-state index in [9.17, 15) is 14.9 Å². The molecular formula is C14H14N2O4S. The number of ether oxygens (including phenoxy) is 1. The van der Waals surface area contributed by atoms with Gasteiger partial charge >= 0.3 is 5.97 Å². The lowest BCUT2D eigenvalue weighted by Gasteiger charge is -2.12. The van der Waals surface area contributed by atoms with E-state index in [0.29, 0.717) is 5.39 Å². The van der Waals surface area contributed by atoms with Crippen LogP contribution in [0.25, 0.3) is 10.8 Å². The van der Waals surface area contributed by atoms with Crippen LogP contribution in [-0.2, 0) is 9.53 Å². The van der Waals surface area contributed by atoms with Gasteiger partial charge in [0.2, 0.25) is 0 Å². The summed E-state index contributed by atoms with van der Waals surface area (Å²) in [5, 5.41) is 12.3. The van der Waals surface area contributed by atoms with Crippen LogP contribution >= 0.6 is 11.8 Å². The van der Waals surface area contributed by atoms with Gasteiger partial charge in [-0.1, -0.05) is 6.92 Å². The number of benzene rings is 1. The van der Waals surface area contributed by atoms with Gasteiger partial charge in [-0.2, -0.15) is 0 Å². The third-order valence-electron chi connectivity index (χ3n) is 2.96. The molecule has 6 nitrogen and oxygen atoms in total. The zero-order valence-electron chi connectivity index (χ0n) is 11.6. The molecule has 1 aromatic carbocycles. The molecule has 1 atom stereocenters. The van der Waals surface area contributed by atoms with E-state index in [-0.39, 0.29) is 23.3 Å². The average Bonchev–Trinajstić information content (AvgIpc) is 2.47. The van der Waals surface area contributed by atoms with Crippen molar-refractivity contribution in [3.8, 4) is 0 Å². The first-order valence-corrected chi connectivity index (χ1v) is 7.15. The molecule has 0 N–H and O–H groups in total. The number of hydrogen-bond acceptors (Lipinski definition) is 6. The minimum absolute atomic E-state index is 0.00951. The maximum atomic E-state index is 11.3. The van der Waals surface area contributed by atoms with Crippen molar-refractivity contribution in [3.05, 3.63) is 40.7 Å². The molecule has 0 spiro atoms. The predicted molar refractivity (Wildman–Crippen MR) is 80.3 cm³/mol. The molecule has 0 fully saturated rings. The number of pyridine rings is 1. The summed E-state index contributed by atoms with van der Waals surface area (Å²) in [6.45, 7) is 1.91. The van der Waals surface area contributed by atoms with Crippen molar-refractivity contribution in [1.29, 1.82) is 0 Å². The van der Waals surface area contributed by atoms with E-state index < -0.39 is 4.92 Å². The van der Waals surface area contributed by atoms with E-state index in [1.807, 2.05) is 6.92 Å². The van der Waals surface area contributed by atoms with Crippen molar-refractivity contribution in [2.45, 2.75) is 23.5 Å². The molecule has 0 aliphatic rings. The van der Waals surface area contributed by atoms with E-state index in [4.69, 9.17) is 0 Å². The van der Waals surface area contributed by atoms with Crippen LogP contribution < -0.4 is 0 Å². The number of nitro groups is 1. The van der Waals surface area contributed by atoms with Gasteiger partial charge in [0.25, 0.3) is 5.69 Å². The molecule has 2 rings (SSSR count). The summed E-state index contributed by atoms with van der Waals surface area (Å²) in [5.74, 6) is -0.275. The highest BCUT2D eigenvalue weighted by Gasteiger charge is 2.17. The zero-order chi connectivity index (χ0) is 15.4. The molecule has 0 saturated carbocycles. The van der Waals surface area contributed by atoms with Crippen LogP contribution in [0.2, 0.25) is 0 Å². The molecule has 0 radical (unpaired) electrons. The first-order valence-electron chi connectivity index (χ1n) is 6.27. The second-order valence-corrected chi connectivity index (χ2v) is 5.95. The van der Waals surface area contributed by atoms with Crippen LogP contribution in [0.15, 0.2) is 35.5 Å². The number of carbonyl (C=O) groups is 1. The highest BCUT2D eigenvalue weighted by Crippen LogP contribution is 2.35. The molecule has 0 saturated heterocycles. The number of fused-ring (bicyclic) bond motifs is 1. The largest absolute Gasteiger partial charge is 0.469 e. The number of rotatable bonds is 5. The van der Waals surface area contributed by atoms with Gasteiger partial charge in [-0.15, -0.1) is 11.8 Å². The third-order valence-corrected chi connectivity index (χ3v) is 4.14. The van der Waals surface area contributed by atoms with E-state index >= 15 is 0 Å². The van der Waals surface area contributed by atoms with Gasteiger partial charge in [-0.3, -0.25) is 19.9 Å². The minimum Gasteiger partial charge on any atom is -0.469 e. The number of methoxy groups -OCH3 is 1. The second kappa shape index (κ2) is 6.53. The third kappa shape index (κ3) is 3.49. The summed E-state index contributed by atoms with van der Waals surface area (Å²) in [4.78, 5) is 26.7. The molecule has 7 heteroatoms. The number of non-ortho nitro benzene ring substituents is 1. The van der Waals surface area contributed by atoms with Crippen LogP contribution in [0, 0.1) is 10.1 Å². The Morgan fingerprint density at radius 1 is 1.43 bits per heavy atom. The molecule has 1 heterocycles. The zero-order valence-corrected chi connectivity index (χ0v) is 12.4. The van der Waals surface area contributed by atoms with Crippen molar-refractivity contribution >= 4 is 34.2 Å². The van der Waals surface area contributed by atoms with Crippen molar-refractivity contribution in [2.24, 2.45) is 0 Å². The molecule has 0 aliphatic carbocycles. The molecule has 0 aliphatic heterocycles. The van der Waals surface area contributed by atoms with Gasteiger partial charge in [0.05, 0.1) is 23.8 Å². The quantitative estimate of drug-likeness (QED) is 0.365. The number of carbonyl (C=O) groups excluding carboxylic acids is 1. The Balaban J connectivity index is 2.35. The number of thioether (sulfide) groups is 1. The Labute approximate surface area is 125 Å². The summed E-state index contributed by atoms with van der Waals surface area (Å²) in [6, 6.07) is 4.92. The summed E-state index contributed by atoms with van der Waals surface area (Å²) in [5.41, 5.74) is 0.0306. The van der Waals surface area contributed by atoms with Crippen molar-refractivity contribution in [2.75, 3.05) is 7.11 Å². The monoisotopic (exact) mass is 306 g/mol. The standard InChI is InChI=1S/C14H14N2O4S/c1-9(7-14(17)20-2)21-13-4-3-12(16(18)19)11-8-15-6-5-10(11)13/h3-6,8-9H,7H2,1-2H3. The fraction of sp³-hybridized carbons (Fsp3) is 0.286. The fourth-order valence-electron chi connectivity index (χ4n) is 1.99. The Hall–Kier alpha value is -2.15. The smallest absolute Gasteiger partial charge is 0.306 e. The highest BCUT2D eigenvalue weighted by atomic mass is 32.2. The fourth-order valence-corrected chi connectivity index (χ4v) is 3.09. The molecular weight excluding hydrogens is 292 g/mol. The molecule has 1 aromatic heterocycles. The van der Waals surface area contributed by atoms with E-state index in [1.165, 1.54) is 31.1 Å². The Morgan fingerprint density at radius 3 is 2.86 bits per heavy atom. The average molecular weight is 306 g/mol. The molecule has 1 unspecified atom stereocenters. The van der Waals surface area contributed by atoms with Gasteiger partial charge in [-0.25, -0.2) is 0 Å². The van der Waals surface area contributed by atoms with Gasteiger partial charge in [0, 0.05) is 34.0 Å². The Bertz CT molecular complexity index is 690. The lowest BCUT2D eigenvalue weighted by Crippen LogP contribution is -2.08. The maximum absolute atomic E-state index is 11.3. The van der Waals surface area contributed by atoms with Crippen LogP contribution in [0.4, 0.5) is 5.69 Å². The summed E-state index contributed by atoms with van der Waals surface area (Å²) < 4.78 is 4.65. The Morgan fingerprint density at radius 2 is 2.19 bits per heavy atom. The molecule has 0 bridgehead atoms. The van der Waals surface area contributed by atoms with Crippen molar-refractivity contribution in [3.63, 3.8) is 0 Å². The van der Waals surface area contributed by atoms with Crippen LogP contribution in [0.3, 0.4) is 0 Å². The molecule has 21 heavy (non-hydrogen) atoms. The lowest BCUT2D eigenvalue weighted by atomic mass is 10.1. The summed E-state index contributed by atoms with van der Waals surface area (Å²) >= 11 is 1.49. The first-order chi connectivity index (χ1) is 10.0. The second-order valence-electron chi connectivity index (χ2n) is 4.47. The van der Waals surface area contributed by atoms with Gasteiger partial charge < -0.3 is 4.74 Å². The molecule has 0 amide bonds. The summed E-state index contributed by atoms with van der Waals surface area (Å²) in [6.07, 6.45) is 3.37. The van der Waals surface area contributed by atoms with Crippen LogP contribution in [0.5, 0.6) is 0 Å². The number of hydrogen-bond donors (Lipinski definition) is 0. The highest BCUT2D eigenvalue weighted by molar-refractivity contribution is 8.00. The normalized spacial score (nSPS) is 12.1. The van der Waals surface area contributed by atoms with Gasteiger partial charge in [0.15, 0.2) is 0 Å². The van der Waals surface area contributed by atoms with Crippen LogP contribution in [-0.4, -0.2) is 28.2 Å². The number of nitro benzene ring substituents is 1. The number of nitrogens with zero attached hydrogens (tertiary/aromatic N) is 2. The Kier molecular flexibility index (Phi) is 4.74. The van der Waals surface area contributed by atoms with Crippen LogP contribution in [0.1, 0.15) is 13.3 Å². The van der Waals surface area contributed by atoms with Gasteiger partial charge in [0.1, 0.15) is 0 Å². The topological polar surface area (TPSA) is 82.3 Å². The number of aromatic nitrogens is 1. The molecule has 2 aromatic rings. The SMILES string of the molecule is COC(=O)CC(C)Sc1ccc([N+](=O)[O-])c2cnccc12. The summed E-state index contributed by atoms with van der Waals surface area (Å²) in [7, 11) is 1.35. The molecule has 110 valence electrons. The van der Waals surface area contributed by atoms with E-state index in [1.54, 1.807) is 18.3 Å². The predicted octanol–water partition coefficient (Wildman–Crippen LogP) is 3.19. The number of esters is 1. The van der Waals surface area contributed by atoms with Crippen molar-refractivity contribution < 1.29 is 14.5 Å². The van der Waals surface area contributed by atoms with E-state index in [2.05, 4.69) is 9.72 Å². The minimum atomic E-state index is -0.420. The van der Waals surface area contributed by atoms with Gasteiger partial charge in [-0.05, 0) is 12.1 Å². The lowest BCUT2D eigenvalue weighted by molar-refractivity contribution is -0.383. The van der Waals surface area contributed by atoms with Crippen molar-refractivity contribution in [1.82, 2.24) is 4.98 Å². The maximum Gasteiger partial charge on any atom is 0.306 e.